The number of aliphatic hydroxyl groups excluding tert-OH is 1. The van der Waals surface area contributed by atoms with Gasteiger partial charge in [-0.05, 0) is 63.0 Å². The fraction of sp³-hybridized carbons (Fsp3) is 0.719. The highest BCUT2D eigenvalue weighted by Crippen LogP contribution is 2.70. The van der Waals surface area contributed by atoms with Gasteiger partial charge in [0.2, 0.25) is 0 Å². The molecule has 11 atom stereocenters. The number of Topliss-reactive ketones (excluding diaryl/α,β-unsaturated/α-hetero) is 1. The van der Waals surface area contributed by atoms with Gasteiger partial charge in [0.15, 0.2) is 29.7 Å². The Kier molecular flexibility index (Phi) is 6.73. The lowest BCUT2D eigenvalue weighted by molar-refractivity contribution is -0.228. The van der Waals surface area contributed by atoms with Crippen LogP contribution in [0.25, 0.3) is 0 Å². The second-order valence-electron chi connectivity index (χ2n) is 13.6. The minimum absolute atomic E-state index is 0.00736. The molecule has 5 unspecified atom stereocenters. The van der Waals surface area contributed by atoms with E-state index in [-0.39, 0.29) is 55.2 Å². The van der Waals surface area contributed by atoms with Crippen LogP contribution in [0.2, 0.25) is 0 Å². The highest BCUT2D eigenvalue weighted by atomic mass is 16.8. The Balaban J connectivity index is 1.17. The second kappa shape index (κ2) is 9.90. The molecule has 228 valence electrons. The van der Waals surface area contributed by atoms with Gasteiger partial charge in [0, 0.05) is 22.3 Å². The third-order valence-corrected chi connectivity index (χ3v) is 11.6. The summed E-state index contributed by atoms with van der Waals surface area (Å²) in [5, 5.41) is 11.8. The number of fused-ring (bicyclic) bond motifs is 8. The molecule has 5 fully saturated rings. The number of carbonyl (C=O) groups excluding carboxylic acids is 3. The summed E-state index contributed by atoms with van der Waals surface area (Å²) >= 11 is 0. The van der Waals surface area contributed by atoms with Gasteiger partial charge in [0.25, 0.3) is 0 Å². The molecule has 4 aliphatic carbocycles. The second-order valence-corrected chi connectivity index (χ2v) is 13.6. The summed E-state index contributed by atoms with van der Waals surface area (Å²) in [6, 6.07) is 0. The van der Waals surface area contributed by atoms with E-state index < -0.39 is 47.2 Å². The van der Waals surface area contributed by atoms with Crippen molar-refractivity contribution >= 4 is 17.5 Å². The van der Waals surface area contributed by atoms with Crippen molar-refractivity contribution in [2.24, 2.45) is 28.6 Å². The molecule has 7 aliphatic rings. The largest absolute Gasteiger partial charge is 0.467 e. The quantitative estimate of drug-likeness (QED) is 0.389. The lowest BCUT2D eigenvalue weighted by atomic mass is 9.46. The number of allylic oxidation sites excluding steroid dienone is 4. The van der Waals surface area contributed by atoms with Crippen LogP contribution in [-0.4, -0.2) is 86.1 Å². The molecule has 3 heterocycles. The van der Waals surface area contributed by atoms with E-state index in [1.54, 1.807) is 12.2 Å². The molecule has 0 aromatic carbocycles. The Morgan fingerprint density at radius 3 is 2.79 bits per heavy atom. The Hall–Kier alpha value is -2.21. The number of esters is 1. The van der Waals surface area contributed by atoms with E-state index in [2.05, 4.69) is 18.6 Å². The average molecular weight is 585 g/mol. The maximum Gasteiger partial charge on any atom is 0.331 e. The average Bonchev–Trinajstić information content (AvgIpc) is 3.44. The molecule has 10 nitrogen and oxygen atoms in total. The fourth-order valence-electron chi connectivity index (χ4n) is 9.79. The smallest absolute Gasteiger partial charge is 0.331 e. The van der Waals surface area contributed by atoms with Gasteiger partial charge in [0.05, 0.1) is 32.0 Å². The predicted molar refractivity (Wildman–Crippen MR) is 146 cm³/mol. The molecule has 3 saturated carbocycles. The van der Waals surface area contributed by atoms with Gasteiger partial charge < -0.3 is 33.5 Å². The van der Waals surface area contributed by atoms with Gasteiger partial charge in [-0.2, -0.15) is 0 Å². The molecule has 1 N–H and O–H groups in total. The lowest BCUT2D eigenvalue weighted by Crippen LogP contribution is -2.64. The Morgan fingerprint density at radius 2 is 2.00 bits per heavy atom. The molecule has 1 spiro atoms. The molecule has 0 amide bonds. The Labute approximate surface area is 245 Å². The topological polar surface area (TPSA) is 127 Å². The van der Waals surface area contributed by atoms with Crippen LogP contribution in [-0.2, 0) is 42.8 Å². The monoisotopic (exact) mass is 584 g/mol. The van der Waals surface area contributed by atoms with Crippen molar-refractivity contribution in [2.75, 3.05) is 26.9 Å². The molecule has 2 saturated heterocycles. The fourth-order valence-corrected chi connectivity index (χ4v) is 9.79. The van der Waals surface area contributed by atoms with Gasteiger partial charge >= 0.3 is 5.97 Å². The molecule has 10 heteroatoms. The van der Waals surface area contributed by atoms with Crippen molar-refractivity contribution in [1.82, 2.24) is 0 Å². The molecular formula is C32H40O10. The van der Waals surface area contributed by atoms with Gasteiger partial charge in [0.1, 0.15) is 13.2 Å². The highest BCUT2D eigenvalue weighted by molar-refractivity contribution is 6.01. The van der Waals surface area contributed by atoms with Crippen molar-refractivity contribution in [2.45, 2.75) is 89.4 Å². The molecule has 0 radical (unpaired) electrons. The first-order valence-corrected chi connectivity index (χ1v) is 15.1. The normalized spacial score (nSPS) is 47.4. The summed E-state index contributed by atoms with van der Waals surface area (Å²) in [4.78, 5) is 37.8. The minimum atomic E-state index is -1.23. The zero-order valence-corrected chi connectivity index (χ0v) is 24.6. The van der Waals surface area contributed by atoms with Gasteiger partial charge in [-0.1, -0.05) is 31.1 Å². The number of hydrogen-bond donors (Lipinski definition) is 1. The molecule has 0 aromatic heterocycles. The number of ketones is 2. The van der Waals surface area contributed by atoms with E-state index in [0.29, 0.717) is 19.3 Å². The number of aliphatic hydroxyl groups is 1. The Morgan fingerprint density at radius 1 is 1.19 bits per heavy atom. The third-order valence-electron chi connectivity index (χ3n) is 11.6. The first-order valence-electron chi connectivity index (χ1n) is 15.1. The molecular weight excluding hydrogens is 544 g/mol. The first kappa shape index (κ1) is 28.6. The van der Waals surface area contributed by atoms with Crippen LogP contribution in [0.15, 0.2) is 34.9 Å². The van der Waals surface area contributed by atoms with E-state index in [1.807, 2.05) is 13.0 Å². The van der Waals surface area contributed by atoms with Gasteiger partial charge in [-0.15, -0.1) is 0 Å². The predicted octanol–water partition coefficient (Wildman–Crippen LogP) is 2.58. The van der Waals surface area contributed by atoms with E-state index in [1.165, 1.54) is 7.11 Å². The van der Waals surface area contributed by atoms with Crippen LogP contribution in [0.1, 0.15) is 52.9 Å². The minimum Gasteiger partial charge on any atom is -0.467 e. The van der Waals surface area contributed by atoms with E-state index in [0.717, 1.165) is 29.6 Å². The van der Waals surface area contributed by atoms with Crippen LogP contribution >= 0.6 is 0 Å². The highest BCUT2D eigenvalue weighted by Gasteiger charge is 2.76. The van der Waals surface area contributed by atoms with Crippen molar-refractivity contribution in [3.05, 3.63) is 34.9 Å². The zero-order valence-electron chi connectivity index (χ0n) is 24.6. The summed E-state index contributed by atoms with van der Waals surface area (Å²) in [7, 11) is 1.31. The number of carbonyl (C=O) groups is 3. The number of hydrogen-bond acceptors (Lipinski definition) is 10. The van der Waals surface area contributed by atoms with Crippen LogP contribution in [0.3, 0.4) is 0 Å². The van der Waals surface area contributed by atoms with Gasteiger partial charge in [-0.25, -0.2) is 4.79 Å². The standard InChI is InChI=1S/C32H40O10/c1-16-9-19(13-38-15-25(36)37-4)40-28-26(16)29-41-24-11-21-20-6-5-17-10-18(33)7-8-30(17,2)27(20)22(34)12-31(21,3)32(24,42-29)23(35)14-39-28/h7-8,10,19-22,24,27-29,34H,5-6,9,11-15H2,1-4H3/t19?,20-,21?,22-,24+,27?,28?,29?,30-,31-,32+/m0/s1. The van der Waals surface area contributed by atoms with E-state index >= 15 is 0 Å². The van der Waals surface area contributed by atoms with Crippen molar-refractivity contribution in [3.8, 4) is 0 Å². The molecule has 0 aromatic rings. The SMILES string of the molecule is COC(=O)COCC1CC(C)=C2C(OCC(=O)[C@@]34OC2O[C@@H]3CC2[C@@H]3CCC5=CC(=O)C=C[C@]5(C)C3[C@@H](O)C[C@@]24C)O1. The Bertz CT molecular complexity index is 1300. The zero-order chi connectivity index (χ0) is 29.6. The summed E-state index contributed by atoms with van der Waals surface area (Å²) < 4.78 is 35.9. The lowest BCUT2D eigenvalue weighted by Gasteiger charge is -2.60. The van der Waals surface area contributed by atoms with Crippen LogP contribution in [0, 0.1) is 28.6 Å². The summed E-state index contributed by atoms with van der Waals surface area (Å²) in [6.45, 7) is 6.02. The maximum atomic E-state index is 14.2. The third kappa shape index (κ3) is 3.88. The first-order chi connectivity index (χ1) is 20.0. The van der Waals surface area contributed by atoms with Crippen molar-refractivity contribution in [1.29, 1.82) is 0 Å². The van der Waals surface area contributed by atoms with Crippen molar-refractivity contribution < 1.29 is 47.9 Å². The number of rotatable bonds is 4. The maximum absolute atomic E-state index is 14.2. The molecule has 7 rings (SSSR count). The van der Waals surface area contributed by atoms with Crippen LogP contribution < -0.4 is 0 Å². The summed E-state index contributed by atoms with van der Waals surface area (Å²) in [5.74, 6) is -0.430. The van der Waals surface area contributed by atoms with E-state index in [9.17, 15) is 19.5 Å². The molecule has 2 bridgehead atoms. The summed E-state index contributed by atoms with van der Waals surface area (Å²) in [6.07, 6.45) is 5.50. The molecule has 3 aliphatic heterocycles. The number of ether oxygens (including phenoxy) is 6. The van der Waals surface area contributed by atoms with Crippen LogP contribution in [0.5, 0.6) is 0 Å². The van der Waals surface area contributed by atoms with Crippen LogP contribution in [0.4, 0.5) is 0 Å². The van der Waals surface area contributed by atoms with Gasteiger partial charge in [-0.3, -0.25) is 9.59 Å². The van der Waals surface area contributed by atoms with Crippen molar-refractivity contribution in [3.63, 3.8) is 0 Å². The molecule has 42 heavy (non-hydrogen) atoms. The number of methoxy groups -OCH3 is 1. The summed E-state index contributed by atoms with van der Waals surface area (Å²) in [5.41, 5.74) is 0.542. The van der Waals surface area contributed by atoms with E-state index in [4.69, 9.17) is 23.7 Å².